The number of anilines is 1. The summed E-state index contributed by atoms with van der Waals surface area (Å²) in [6.07, 6.45) is 3.12. The molecule has 0 amide bonds. The number of benzene rings is 2. The van der Waals surface area contributed by atoms with E-state index >= 15 is 0 Å². The number of rotatable bonds is 10. The molecular weight excluding hydrogens is 519 g/mol. The van der Waals surface area contributed by atoms with Crippen LogP contribution >= 0.6 is 0 Å². The Bertz CT molecular complexity index is 1610. The number of nitrogens with one attached hydrogen (secondary N) is 1. The van der Waals surface area contributed by atoms with E-state index in [9.17, 15) is 21.2 Å². The minimum absolute atomic E-state index is 0.00565. The molecule has 0 bridgehead atoms. The van der Waals surface area contributed by atoms with Gasteiger partial charge in [-0.1, -0.05) is 12.1 Å². The van der Waals surface area contributed by atoms with E-state index in [1.54, 1.807) is 47.6 Å². The second-order valence-corrected chi connectivity index (χ2v) is 12.3. The fourth-order valence-electron chi connectivity index (χ4n) is 3.54. The number of primary sulfonamides is 1. The van der Waals surface area contributed by atoms with Crippen LogP contribution in [0.4, 0.5) is 10.3 Å². The van der Waals surface area contributed by atoms with Crippen molar-refractivity contribution in [2.24, 2.45) is 5.14 Å². The number of nitrogens with two attached hydrogens (primary N) is 1. The summed E-state index contributed by atoms with van der Waals surface area (Å²) in [4.78, 5) is 13.6. The smallest absolute Gasteiger partial charge is 0.240 e. The third kappa shape index (κ3) is 7.26. The second-order valence-electron chi connectivity index (χ2n) is 8.44. The van der Waals surface area contributed by atoms with Crippen LogP contribution in [0.1, 0.15) is 12.0 Å². The van der Waals surface area contributed by atoms with Gasteiger partial charge in [-0.2, -0.15) is 0 Å². The van der Waals surface area contributed by atoms with Crippen molar-refractivity contribution < 1.29 is 21.2 Å². The molecule has 0 aliphatic heterocycles. The molecule has 0 atom stereocenters. The second kappa shape index (κ2) is 10.8. The zero-order valence-electron chi connectivity index (χ0n) is 19.9. The summed E-state index contributed by atoms with van der Waals surface area (Å²) in [7, 11) is -6.93. The summed E-state index contributed by atoms with van der Waals surface area (Å²) >= 11 is 0. The first kappa shape index (κ1) is 26.5. The van der Waals surface area contributed by atoms with E-state index in [0.717, 1.165) is 11.1 Å². The molecule has 13 heteroatoms. The fourth-order valence-corrected chi connectivity index (χ4v) is 4.72. The predicted molar refractivity (Wildman–Crippen MR) is 139 cm³/mol. The highest BCUT2D eigenvalue weighted by Gasteiger charge is 2.14. The van der Waals surface area contributed by atoms with Gasteiger partial charge in [0.25, 0.3) is 0 Å². The maximum atomic E-state index is 13.3. The molecule has 0 aliphatic rings. The highest BCUT2D eigenvalue weighted by Crippen LogP contribution is 2.22. The van der Waals surface area contributed by atoms with Gasteiger partial charge in [-0.05, 0) is 60.5 Å². The normalized spacial score (nSPS) is 12.1. The van der Waals surface area contributed by atoms with E-state index in [0.29, 0.717) is 35.6 Å². The number of sulfonamides is 1. The van der Waals surface area contributed by atoms with Gasteiger partial charge in [0.05, 0.1) is 34.6 Å². The highest BCUT2D eigenvalue weighted by molar-refractivity contribution is 7.90. The lowest BCUT2D eigenvalue weighted by atomic mass is 10.1. The minimum Gasteiger partial charge on any atom is -0.272 e. The molecule has 0 saturated carbocycles. The standard InChI is InChI=1S/C24H25FN6O4S2/c1-36(32,33)14-2-13-28-31(16-17-3-9-20(10-4-17)37(26,34)35)24-27-15-23-22(30-24)12-11-21(29-23)18-5-7-19(25)8-6-18/h3-12,15,28H,2,13-14,16H2,1H3,(H2,26,34,35). The Labute approximate surface area is 214 Å². The Kier molecular flexibility index (Phi) is 7.78. The Balaban J connectivity index is 1.60. The molecule has 0 spiro atoms. The molecule has 0 radical (unpaired) electrons. The Hall–Kier alpha value is -3.52. The van der Waals surface area contributed by atoms with Gasteiger partial charge in [0.2, 0.25) is 16.0 Å². The van der Waals surface area contributed by atoms with Crippen LogP contribution in [-0.4, -0.2) is 50.3 Å². The number of aromatic nitrogens is 3. The van der Waals surface area contributed by atoms with Crippen molar-refractivity contribution in [1.29, 1.82) is 0 Å². The van der Waals surface area contributed by atoms with E-state index in [1.165, 1.54) is 30.5 Å². The molecule has 2 aromatic carbocycles. The molecule has 37 heavy (non-hydrogen) atoms. The van der Waals surface area contributed by atoms with Gasteiger partial charge in [0.15, 0.2) is 0 Å². The number of hydrogen-bond donors (Lipinski definition) is 2. The molecule has 0 unspecified atom stereocenters. The third-order valence-electron chi connectivity index (χ3n) is 5.39. The van der Waals surface area contributed by atoms with Crippen LogP contribution in [-0.2, 0) is 26.4 Å². The van der Waals surface area contributed by atoms with Crippen LogP contribution in [0.3, 0.4) is 0 Å². The zero-order chi connectivity index (χ0) is 26.6. The van der Waals surface area contributed by atoms with Gasteiger partial charge in [0, 0.05) is 18.4 Å². The molecule has 2 heterocycles. The van der Waals surface area contributed by atoms with E-state index in [-0.39, 0.29) is 23.0 Å². The largest absolute Gasteiger partial charge is 0.272 e. The first-order chi connectivity index (χ1) is 17.5. The number of sulfone groups is 1. The van der Waals surface area contributed by atoms with Gasteiger partial charge >= 0.3 is 0 Å². The van der Waals surface area contributed by atoms with Crippen molar-refractivity contribution in [2.45, 2.75) is 17.9 Å². The lowest BCUT2D eigenvalue weighted by Crippen LogP contribution is -2.40. The van der Waals surface area contributed by atoms with Crippen LogP contribution in [0.5, 0.6) is 0 Å². The van der Waals surface area contributed by atoms with Gasteiger partial charge in [-0.3, -0.25) is 5.01 Å². The predicted octanol–water partition coefficient (Wildman–Crippen LogP) is 2.42. The first-order valence-corrected chi connectivity index (χ1v) is 14.8. The molecule has 10 nitrogen and oxygen atoms in total. The van der Waals surface area contributed by atoms with E-state index in [4.69, 9.17) is 5.14 Å². The van der Waals surface area contributed by atoms with E-state index in [1.807, 2.05) is 0 Å². The average molecular weight is 545 g/mol. The average Bonchev–Trinajstić information content (AvgIpc) is 2.85. The quantitative estimate of drug-likeness (QED) is 0.227. The van der Waals surface area contributed by atoms with E-state index in [2.05, 4.69) is 20.4 Å². The summed E-state index contributed by atoms with van der Waals surface area (Å²) in [6, 6.07) is 15.7. The van der Waals surface area contributed by atoms with Crippen molar-refractivity contribution in [1.82, 2.24) is 20.4 Å². The van der Waals surface area contributed by atoms with Crippen LogP contribution < -0.4 is 15.6 Å². The van der Waals surface area contributed by atoms with Gasteiger partial charge in [-0.25, -0.2) is 46.7 Å². The zero-order valence-corrected chi connectivity index (χ0v) is 21.5. The Morgan fingerprint density at radius 1 is 0.919 bits per heavy atom. The number of hydrogen-bond acceptors (Lipinski definition) is 9. The summed E-state index contributed by atoms with van der Waals surface area (Å²) in [6.45, 7) is 0.599. The maximum absolute atomic E-state index is 13.3. The summed E-state index contributed by atoms with van der Waals surface area (Å²) in [5.74, 6) is 0.00518. The molecule has 0 fully saturated rings. The molecule has 4 rings (SSSR count). The van der Waals surface area contributed by atoms with Crippen molar-refractivity contribution in [3.05, 3.63) is 78.2 Å². The molecule has 194 valence electrons. The van der Waals surface area contributed by atoms with Crippen LogP contribution in [0, 0.1) is 5.82 Å². The number of nitrogens with zero attached hydrogens (tertiary/aromatic N) is 4. The molecule has 0 aliphatic carbocycles. The summed E-state index contributed by atoms with van der Waals surface area (Å²) < 4.78 is 59.4. The van der Waals surface area contributed by atoms with Gasteiger partial charge < -0.3 is 0 Å². The monoisotopic (exact) mass is 544 g/mol. The Morgan fingerprint density at radius 3 is 2.27 bits per heavy atom. The number of hydrazine groups is 1. The van der Waals surface area contributed by atoms with Crippen LogP contribution in [0.2, 0.25) is 0 Å². The number of halogens is 1. The SMILES string of the molecule is CS(=O)(=O)CCCNN(Cc1ccc(S(N)(=O)=O)cc1)c1ncc2nc(-c3ccc(F)cc3)ccc2n1. The molecule has 4 aromatic rings. The molecule has 2 aromatic heterocycles. The lowest BCUT2D eigenvalue weighted by molar-refractivity contribution is 0.579. The van der Waals surface area contributed by atoms with Crippen LogP contribution in [0.25, 0.3) is 22.3 Å². The van der Waals surface area contributed by atoms with Gasteiger partial charge in [-0.15, -0.1) is 0 Å². The number of fused-ring (bicyclic) bond motifs is 1. The fraction of sp³-hybridized carbons (Fsp3) is 0.208. The number of pyridine rings is 1. The van der Waals surface area contributed by atoms with Gasteiger partial charge in [0.1, 0.15) is 21.2 Å². The van der Waals surface area contributed by atoms with Crippen molar-refractivity contribution >= 4 is 36.8 Å². The third-order valence-corrected chi connectivity index (χ3v) is 7.35. The molecule has 0 saturated heterocycles. The van der Waals surface area contributed by atoms with Crippen molar-refractivity contribution in [2.75, 3.05) is 23.6 Å². The molecular formula is C24H25FN6O4S2. The minimum atomic E-state index is -3.82. The lowest BCUT2D eigenvalue weighted by Gasteiger charge is -2.24. The maximum Gasteiger partial charge on any atom is 0.240 e. The highest BCUT2D eigenvalue weighted by atomic mass is 32.2. The topological polar surface area (TPSA) is 148 Å². The Morgan fingerprint density at radius 2 is 1.62 bits per heavy atom. The van der Waals surface area contributed by atoms with Crippen molar-refractivity contribution in [3.8, 4) is 11.3 Å². The molecule has 3 N–H and O–H groups in total. The first-order valence-electron chi connectivity index (χ1n) is 11.2. The summed E-state index contributed by atoms with van der Waals surface area (Å²) in [5.41, 5.74) is 6.42. The van der Waals surface area contributed by atoms with Crippen LogP contribution in [0.15, 0.2) is 71.8 Å². The van der Waals surface area contributed by atoms with E-state index < -0.39 is 19.9 Å². The summed E-state index contributed by atoms with van der Waals surface area (Å²) in [5, 5.41) is 6.83. The van der Waals surface area contributed by atoms with Crippen molar-refractivity contribution in [3.63, 3.8) is 0 Å².